The molecule has 0 radical (unpaired) electrons. The molecule has 0 spiro atoms. The summed E-state index contributed by atoms with van der Waals surface area (Å²) in [5, 5.41) is 21.8. The number of aromatic amines is 2. The third-order valence-electron chi connectivity index (χ3n) is 10.5. The number of ether oxygens (including phenoxy) is 3. The molecule has 0 saturated heterocycles. The number of aliphatic carboxylic acids is 1. The monoisotopic (exact) mass is 729 g/mol. The van der Waals surface area contributed by atoms with Gasteiger partial charge in [-0.15, -0.1) is 0 Å². The normalized spacial score (nSPS) is 16.2. The van der Waals surface area contributed by atoms with Gasteiger partial charge >= 0.3 is 11.9 Å². The van der Waals surface area contributed by atoms with E-state index in [-0.39, 0.29) is 68.9 Å². The van der Waals surface area contributed by atoms with E-state index >= 15 is 0 Å². The van der Waals surface area contributed by atoms with Crippen LogP contribution in [0.2, 0.25) is 0 Å². The molecular weight excluding hydrogens is 678 g/mol. The first-order valence-electron chi connectivity index (χ1n) is 18.1. The molecule has 8 bridgehead atoms. The van der Waals surface area contributed by atoms with Crippen molar-refractivity contribution in [1.29, 1.82) is 0 Å². The molecule has 13 nitrogen and oxygen atoms in total. The fraction of sp³-hybridized carbons (Fsp3) is 0.475. The van der Waals surface area contributed by atoms with Crippen molar-refractivity contribution in [2.75, 3.05) is 40.6 Å². The van der Waals surface area contributed by atoms with Gasteiger partial charge in [0.05, 0.1) is 62.1 Å². The van der Waals surface area contributed by atoms with Gasteiger partial charge in [0.1, 0.15) is 0 Å². The number of carboxylic acids is 1. The first-order chi connectivity index (χ1) is 25.3. The number of amides is 1. The summed E-state index contributed by atoms with van der Waals surface area (Å²) in [4.78, 5) is 56.7. The van der Waals surface area contributed by atoms with Crippen molar-refractivity contribution in [2.24, 2.45) is 0 Å². The average molecular weight is 730 g/mol. The third kappa shape index (κ3) is 8.07. The number of fused-ring (bicyclic) bond motifs is 8. The van der Waals surface area contributed by atoms with Gasteiger partial charge in [-0.1, -0.05) is 13.8 Å². The lowest BCUT2D eigenvalue weighted by Gasteiger charge is -2.18. The lowest BCUT2D eigenvalue weighted by molar-refractivity contribution is -0.140. The Hall–Kier alpha value is -4.85. The molecule has 0 fully saturated rings. The van der Waals surface area contributed by atoms with Gasteiger partial charge in [0.25, 0.3) is 5.91 Å². The maximum Gasteiger partial charge on any atom is 0.310 e. The third-order valence-corrected chi connectivity index (χ3v) is 10.5. The highest BCUT2D eigenvalue weighted by atomic mass is 16.5. The Morgan fingerprint density at radius 1 is 0.962 bits per heavy atom. The van der Waals surface area contributed by atoms with E-state index in [1.54, 1.807) is 7.11 Å². The molecule has 2 aliphatic heterocycles. The maximum atomic E-state index is 14.1. The largest absolute Gasteiger partial charge is 0.481 e. The molecule has 3 aromatic rings. The van der Waals surface area contributed by atoms with Crippen molar-refractivity contribution < 1.29 is 38.8 Å². The second kappa shape index (κ2) is 16.9. The van der Waals surface area contributed by atoms with E-state index in [9.17, 15) is 19.5 Å². The first-order valence-corrected chi connectivity index (χ1v) is 18.1. The van der Waals surface area contributed by atoms with Crippen LogP contribution >= 0.6 is 0 Å². The number of aliphatic hydroxyl groups excluding tert-OH is 1. The number of aliphatic hydroxyl groups is 1. The fourth-order valence-electron chi connectivity index (χ4n) is 7.48. The topological polar surface area (TPSA) is 189 Å². The summed E-state index contributed by atoms with van der Waals surface area (Å²) < 4.78 is 16.4. The lowest BCUT2D eigenvalue weighted by Crippen LogP contribution is -2.29. The molecule has 13 heteroatoms. The van der Waals surface area contributed by atoms with Crippen molar-refractivity contribution in [1.82, 2.24) is 25.3 Å². The molecule has 5 N–H and O–H groups in total. The van der Waals surface area contributed by atoms with Gasteiger partial charge < -0.3 is 39.7 Å². The average Bonchev–Trinajstić information content (AvgIpc) is 3.82. The van der Waals surface area contributed by atoms with Gasteiger partial charge in [0, 0.05) is 70.8 Å². The van der Waals surface area contributed by atoms with Crippen LogP contribution in [0.4, 0.5) is 0 Å². The first kappa shape index (κ1) is 39.4. The minimum atomic E-state index is -0.949. The molecule has 1 amide bonds. The number of aromatic nitrogens is 4. The molecule has 2 aliphatic rings. The SMILES string of the molecule is CCc1c(C)c2cc3[nH]c(cc4nc(c(CC(=O)OC)c5nc(cc1[nH]2)C(C)=C5C(=O)NCCOCCO)C(CCC(=O)O)C4C)c(C)c3C(C)OC. The molecule has 53 heavy (non-hydrogen) atoms. The Morgan fingerprint density at radius 3 is 2.34 bits per heavy atom. The highest BCUT2D eigenvalue weighted by Crippen LogP contribution is 2.44. The number of aryl methyl sites for hydroxylation is 3. The van der Waals surface area contributed by atoms with Gasteiger partial charge in [-0.2, -0.15) is 0 Å². The van der Waals surface area contributed by atoms with Crippen molar-refractivity contribution >= 4 is 51.1 Å². The number of carbonyl (C=O) groups is 3. The van der Waals surface area contributed by atoms with Crippen molar-refractivity contribution in [3.05, 3.63) is 68.8 Å². The van der Waals surface area contributed by atoms with E-state index < -0.39 is 23.8 Å². The Morgan fingerprint density at radius 2 is 1.68 bits per heavy atom. The molecule has 0 aromatic carbocycles. The molecule has 5 heterocycles. The minimum Gasteiger partial charge on any atom is -0.481 e. The van der Waals surface area contributed by atoms with E-state index in [1.807, 2.05) is 39.8 Å². The number of carboxylic acid groups (broad SMARTS) is 1. The standard InChI is InChI=1S/C40H51N5O8/c1-9-25-20(2)28-19-33-36(24(6)51-7)22(4)30(43-33)17-29-21(3)26(10-11-34(47)48)38(44-29)27(16-35(49)52-8)39-37(40(50)41-12-14-53-15-13-46)23(5)31(45-39)18-32(25)42-28/h17-19,21,24,26,42-43,46H,9-16H2,1-8H3,(H,41,50)(H,47,48). The molecular formula is C40H51N5O8. The highest BCUT2D eigenvalue weighted by molar-refractivity contribution is 6.27. The van der Waals surface area contributed by atoms with Gasteiger partial charge in [0.2, 0.25) is 0 Å². The molecule has 0 saturated carbocycles. The van der Waals surface area contributed by atoms with Gasteiger partial charge in [-0.25, -0.2) is 4.98 Å². The minimum absolute atomic E-state index is 0.120. The smallest absolute Gasteiger partial charge is 0.310 e. The van der Waals surface area contributed by atoms with Crippen LogP contribution in [0.5, 0.6) is 0 Å². The van der Waals surface area contributed by atoms with E-state index in [1.165, 1.54) is 7.11 Å². The van der Waals surface area contributed by atoms with Crippen LogP contribution in [0.1, 0.15) is 109 Å². The van der Waals surface area contributed by atoms with Crippen LogP contribution < -0.4 is 5.32 Å². The van der Waals surface area contributed by atoms with Crippen molar-refractivity contribution in [2.45, 2.75) is 85.2 Å². The second-order valence-electron chi connectivity index (χ2n) is 13.6. The molecule has 0 aliphatic carbocycles. The van der Waals surface area contributed by atoms with Crippen LogP contribution in [-0.2, 0) is 41.4 Å². The summed E-state index contributed by atoms with van der Waals surface area (Å²) in [5.41, 5.74) is 11.0. The number of carbonyl (C=O) groups excluding carboxylic acids is 2. The number of rotatable bonds is 14. The van der Waals surface area contributed by atoms with E-state index in [4.69, 9.17) is 29.3 Å². The van der Waals surface area contributed by atoms with Crippen LogP contribution in [-0.4, -0.2) is 88.6 Å². The molecule has 3 unspecified atom stereocenters. The number of nitrogens with zero attached hydrogens (tertiary/aromatic N) is 2. The Kier molecular flexibility index (Phi) is 12.5. The van der Waals surface area contributed by atoms with Crippen molar-refractivity contribution in [3.63, 3.8) is 0 Å². The summed E-state index contributed by atoms with van der Waals surface area (Å²) in [6.45, 7) is 12.4. The van der Waals surface area contributed by atoms with Crippen LogP contribution in [0.3, 0.4) is 0 Å². The van der Waals surface area contributed by atoms with Crippen LogP contribution in [0, 0.1) is 13.8 Å². The number of hydrogen-bond acceptors (Lipinski definition) is 9. The van der Waals surface area contributed by atoms with Gasteiger partial charge in [-0.05, 0) is 81.0 Å². The zero-order valence-corrected chi connectivity index (χ0v) is 31.9. The van der Waals surface area contributed by atoms with Gasteiger partial charge in [-0.3, -0.25) is 19.4 Å². The van der Waals surface area contributed by atoms with Gasteiger partial charge in [0.15, 0.2) is 0 Å². The predicted octanol–water partition coefficient (Wildman–Crippen LogP) is 5.72. The summed E-state index contributed by atoms with van der Waals surface area (Å²) in [6.07, 6.45) is 0.403. The quantitative estimate of drug-likeness (QED) is 0.101. The van der Waals surface area contributed by atoms with E-state index in [2.05, 4.69) is 35.2 Å². The zero-order chi connectivity index (χ0) is 38.6. The number of hydrogen-bond donors (Lipinski definition) is 5. The predicted molar refractivity (Wildman–Crippen MR) is 202 cm³/mol. The molecule has 5 rings (SSSR count). The number of nitrogens with one attached hydrogen (secondary N) is 3. The summed E-state index contributed by atoms with van der Waals surface area (Å²) >= 11 is 0. The second-order valence-corrected chi connectivity index (χ2v) is 13.6. The Bertz CT molecular complexity index is 2100. The number of allylic oxidation sites excluding steroid dienone is 1. The Labute approximate surface area is 309 Å². The summed E-state index contributed by atoms with van der Waals surface area (Å²) in [6, 6.07) is 6.01. The molecule has 3 atom stereocenters. The molecule has 3 aromatic heterocycles. The highest BCUT2D eigenvalue weighted by Gasteiger charge is 2.35. The van der Waals surface area contributed by atoms with Crippen molar-refractivity contribution in [3.8, 4) is 0 Å². The van der Waals surface area contributed by atoms with Crippen LogP contribution in [0.15, 0.2) is 18.2 Å². The number of esters is 1. The number of H-pyrrole nitrogens is 2. The maximum absolute atomic E-state index is 14.1. The van der Waals surface area contributed by atoms with E-state index in [0.29, 0.717) is 28.2 Å². The number of methoxy groups -OCH3 is 2. The lowest BCUT2D eigenvalue weighted by atomic mass is 9.84. The zero-order valence-electron chi connectivity index (χ0n) is 31.9. The summed E-state index contributed by atoms with van der Waals surface area (Å²) in [5.74, 6) is -2.56. The Balaban J connectivity index is 1.95. The van der Waals surface area contributed by atoms with E-state index in [0.717, 1.165) is 50.7 Å². The summed E-state index contributed by atoms with van der Waals surface area (Å²) in [7, 11) is 2.98. The fourth-order valence-corrected chi connectivity index (χ4v) is 7.48. The van der Waals surface area contributed by atoms with Crippen LogP contribution in [0.25, 0.3) is 33.2 Å². The molecule has 284 valence electrons.